The van der Waals surface area contributed by atoms with Crippen LogP contribution < -0.4 is 5.73 Å². The van der Waals surface area contributed by atoms with Crippen molar-refractivity contribution in [3.8, 4) is 0 Å². The third-order valence-electron chi connectivity index (χ3n) is 4.20. The quantitative estimate of drug-likeness (QED) is 0.492. The first-order valence-electron chi connectivity index (χ1n) is 8.13. The zero-order valence-corrected chi connectivity index (χ0v) is 15.7. The summed E-state index contributed by atoms with van der Waals surface area (Å²) in [6.45, 7) is 0.107. The van der Waals surface area contributed by atoms with Crippen LogP contribution in [0.3, 0.4) is 0 Å². The number of nitrogens with zero attached hydrogens (tertiary/aromatic N) is 1. The van der Waals surface area contributed by atoms with Crippen molar-refractivity contribution in [2.24, 2.45) is 5.73 Å². The maximum atomic E-state index is 12.5. The molecule has 5 nitrogen and oxygen atoms in total. The molecule has 27 heavy (non-hydrogen) atoms. The predicted octanol–water partition coefficient (Wildman–Crippen LogP) is 4.32. The average molecular weight is 403 g/mol. The van der Waals surface area contributed by atoms with Crippen molar-refractivity contribution in [1.82, 2.24) is 5.06 Å². The van der Waals surface area contributed by atoms with Crippen LogP contribution in [0.1, 0.15) is 26.3 Å². The highest BCUT2D eigenvalue weighted by molar-refractivity contribution is 6.42. The molecule has 3 N–H and O–H groups in total. The van der Waals surface area contributed by atoms with Crippen LogP contribution in [-0.4, -0.2) is 28.6 Å². The minimum atomic E-state index is -0.518. The van der Waals surface area contributed by atoms with E-state index in [2.05, 4.69) is 0 Å². The number of halogens is 2. The second-order valence-electron chi connectivity index (χ2n) is 6.07. The van der Waals surface area contributed by atoms with Gasteiger partial charge in [0.05, 0.1) is 16.6 Å². The fraction of sp³-hybridized carbons (Fsp3) is 0.100. The molecule has 0 saturated carbocycles. The monoisotopic (exact) mass is 402 g/mol. The Morgan fingerprint density at radius 1 is 0.889 bits per heavy atom. The summed E-state index contributed by atoms with van der Waals surface area (Å²) in [6.07, 6.45) is 0.425. The van der Waals surface area contributed by atoms with Gasteiger partial charge < -0.3 is 5.73 Å². The molecule has 0 aliphatic carbocycles. The molecule has 3 rings (SSSR count). The molecule has 0 unspecified atom stereocenters. The summed E-state index contributed by atoms with van der Waals surface area (Å²) in [6, 6.07) is 15.1. The Labute approximate surface area is 165 Å². The standard InChI is InChI=1S/C20H16Cl2N2O3/c21-17-6-1-12(9-18(17)22)7-8-24(27)20(26)16-5-3-13-10-15(19(23)25)4-2-14(13)11-16/h1-6,9-11,27H,7-8H2,(H2,23,25). The summed E-state index contributed by atoms with van der Waals surface area (Å²) < 4.78 is 0. The Morgan fingerprint density at radius 3 is 2.15 bits per heavy atom. The first-order chi connectivity index (χ1) is 12.8. The molecular formula is C20H16Cl2N2O3. The number of carbonyl (C=O) groups is 2. The van der Waals surface area contributed by atoms with Crippen LogP contribution in [-0.2, 0) is 6.42 Å². The molecular weight excluding hydrogens is 387 g/mol. The van der Waals surface area contributed by atoms with E-state index in [0.29, 0.717) is 32.7 Å². The second kappa shape index (κ2) is 7.96. The number of fused-ring (bicyclic) bond motifs is 1. The van der Waals surface area contributed by atoms with E-state index < -0.39 is 11.8 Å². The molecule has 3 aromatic rings. The molecule has 0 atom stereocenters. The molecule has 0 saturated heterocycles. The maximum Gasteiger partial charge on any atom is 0.277 e. The molecule has 0 aliphatic rings. The zero-order valence-electron chi connectivity index (χ0n) is 14.2. The molecule has 0 radical (unpaired) electrons. The molecule has 3 aromatic carbocycles. The summed E-state index contributed by atoms with van der Waals surface area (Å²) in [5, 5.41) is 13.2. The van der Waals surface area contributed by atoms with E-state index in [-0.39, 0.29) is 6.54 Å². The van der Waals surface area contributed by atoms with Gasteiger partial charge >= 0.3 is 0 Å². The van der Waals surface area contributed by atoms with E-state index in [1.54, 1.807) is 54.6 Å². The van der Waals surface area contributed by atoms with Crippen LogP contribution in [0.4, 0.5) is 0 Å². The van der Waals surface area contributed by atoms with Gasteiger partial charge in [0.2, 0.25) is 5.91 Å². The molecule has 2 amide bonds. The molecule has 0 spiro atoms. The number of carbonyl (C=O) groups excluding carboxylic acids is 2. The van der Waals surface area contributed by atoms with Crippen molar-refractivity contribution in [3.63, 3.8) is 0 Å². The largest absolute Gasteiger partial charge is 0.366 e. The zero-order chi connectivity index (χ0) is 19.6. The van der Waals surface area contributed by atoms with Crippen molar-refractivity contribution in [2.45, 2.75) is 6.42 Å². The van der Waals surface area contributed by atoms with E-state index in [1.165, 1.54) is 0 Å². The fourth-order valence-corrected chi connectivity index (χ4v) is 3.03. The van der Waals surface area contributed by atoms with E-state index in [0.717, 1.165) is 16.3 Å². The molecule has 138 valence electrons. The van der Waals surface area contributed by atoms with Crippen molar-refractivity contribution in [3.05, 3.63) is 81.3 Å². The second-order valence-corrected chi connectivity index (χ2v) is 6.88. The molecule has 7 heteroatoms. The van der Waals surface area contributed by atoms with Gasteiger partial charge in [-0.2, -0.15) is 0 Å². The molecule has 0 aliphatic heterocycles. The van der Waals surface area contributed by atoms with Gasteiger partial charge in [0.1, 0.15) is 0 Å². The SMILES string of the molecule is NC(=O)c1ccc2cc(C(=O)N(O)CCc3ccc(Cl)c(Cl)c3)ccc2c1. The Morgan fingerprint density at radius 2 is 1.52 bits per heavy atom. The number of nitrogens with two attached hydrogens (primary N) is 1. The van der Waals surface area contributed by atoms with Gasteiger partial charge in [-0.05, 0) is 59.2 Å². The van der Waals surface area contributed by atoms with Crippen LogP contribution in [0.5, 0.6) is 0 Å². The summed E-state index contributed by atoms with van der Waals surface area (Å²) in [5.74, 6) is -1.03. The van der Waals surface area contributed by atoms with Crippen molar-refractivity contribution >= 4 is 45.8 Å². The Hall–Kier alpha value is -2.60. The highest BCUT2D eigenvalue weighted by Gasteiger charge is 2.15. The van der Waals surface area contributed by atoms with Crippen LogP contribution in [0, 0.1) is 0 Å². The number of hydrogen-bond acceptors (Lipinski definition) is 3. The first kappa shape index (κ1) is 19.2. The van der Waals surface area contributed by atoms with Gasteiger partial charge in [-0.1, -0.05) is 41.4 Å². The normalized spacial score (nSPS) is 10.8. The van der Waals surface area contributed by atoms with Gasteiger partial charge in [0.25, 0.3) is 5.91 Å². The van der Waals surface area contributed by atoms with E-state index >= 15 is 0 Å². The highest BCUT2D eigenvalue weighted by atomic mass is 35.5. The Bertz CT molecular complexity index is 1040. The molecule has 0 fully saturated rings. The van der Waals surface area contributed by atoms with Crippen molar-refractivity contribution in [1.29, 1.82) is 0 Å². The first-order valence-corrected chi connectivity index (χ1v) is 8.89. The molecule has 0 bridgehead atoms. The lowest BCUT2D eigenvalue weighted by molar-refractivity contribution is -0.0571. The smallest absolute Gasteiger partial charge is 0.277 e. The average Bonchev–Trinajstić information content (AvgIpc) is 2.67. The van der Waals surface area contributed by atoms with Gasteiger partial charge in [0.15, 0.2) is 0 Å². The Balaban J connectivity index is 1.73. The van der Waals surface area contributed by atoms with Gasteiger partial charge in [-0.3, -0.25) is 14.8 Å². The van der Waals surface area contributed by atoms with Crippen molar-refractivity contribution < 1.29 is 14.8 Å². The van der Waals surface area contributed by atoms with E-state index in [4.69, 9.17) is 28.9 Å². The number of hydrogen-bond donors (Lipinski definition) is 2. The minimum absolute atomic E-state index is 0.107. The number of hydroxylamine groups is 2. The number of primary amides is 1. The van der Waals surface area contributed by atoms with E-state index in [1.807, 2.05) is 0 Å². The predicted molar refractivity (Wildman–Crippen MR) is 105 cm³/mol. The van der Waals surface area contributed by atoms with Gasteiger partial charge in [-0.25, -0.2) is 5.06 Å². The lowest BCUT2D eigenvalue weighted by Crippen LogP contribution is -2.29. The minimum Gasteiger partial charge on any atom is -0.366 e. The topological polar surface area (TPSA) is 83.6 Å². The van der Waals surface area contributed by atoms with Gasteiger partial charge in [-0.15, -0.1) is 0 Å². The lowest BCUT2D eigenvalue weighted by Gasteiger charge is -2.15. The Kier molecular flexibility index (Phi) is 5.65. The van der Waals surface area contributed by atoms with E-state index in [9.17, 15) is 14.8 Å². The third-order valence-corrected chi connectivity index (χ3v) is 4.94. The van der Waals surface area contributed by atoms with Crippen LogP contribution in [0.25, 0.3) is 10.8 Å². The fourth-order valence-electron chi connectivity index (χ4n) is 2.71. The molecule has 0 heterocycles. The lowest BCUT2D eigenvalue weighted by atomic mass is 10.0. The van der Waals surface area contributed by atoms with Crippen molar-refractivity contribution in [2.75, 3.05) is 6.54 Å². The number of benzene rings is 3. The summed E-state index contributed by atoms with van der Waals surface area (Å²) >= 11 is 11.8. The van der Waals surface area contributed by atoms with Crippen LogP contribution in [0.2, 0.25) is 10.0 Å². The number of amides is 2. The summed E-state index contributed by atoms with van der Waals surface area (Å²) in [4.78, 5) is 23.7. The van der Waals surface area contributed by atoms with Crippen LogP contribution in [0.15, 0.2) is 54.6 Å². The van der Waals surface area contributed by atoms with Gasteiger partial charge in [0, 0.05) is 11.1 Å². The third kappa shape index (κ3) is 4.39. The highest BCUT2D eigenvalue weighted by Crippen LogP contribution is 2.23. The maximum absolute atomic E-state index is 12.5. The van der Waals surface area contributed by atoms with Crippen LogP contribution >= 0.6 is 23.2 Å². The summed E-state index contributed by atoms with van der Waals surface area (Å²) in [5.41, 5.74) is 6.86. The summed E-state index contributed by atoms with van der Waals surface area (Å²) in [7, 11) is 0. The molecule has 0 aromatic heterocycles. The number of rotatable bonds is 5.